The second-order valence-corrected chi connectivity index (χ2v) is 9.34. The molecule has 31 heavy (non-hydrogen) atoms. The summed E-state index contributed by atoms with van der Waals surface area (Å²) in [4.78, 5) is 0. The first kappa shape index (κ1) is 16.4. The van der Waals surface area contributed by atoms with Crippen molar-refractivity contribution >= 4 is 93.5 Å². The van der Waals surface area contributed by atoms with Gasteiger partial charge in [-0.05, 0) is 46.5 Å². The predicted molar refractivity (Wildman–Crippen MR) is 141 cm³/mol. The van der Waals surface area contributed by atoms with Crippen molar-refractivity contribution in [3.63, 3.8) is 0 Å². The van der Waals surface area contributed by atoms with E-state index in [-0.39, 0.29) is 0 Å². The Bertz CT molecular complexity index is 1980. The van der Waals surface area contributed by atoms with Crippen LogP contribution < -0.4 is 0 Å². The fourth-order valence-electron chi connectivity index (χ4n) is 5.75. The Hall–Kier alpha value is -3.31. The van der Waals surface area contributed by atoms with E-state index in [9.17, 15) is 0 Å². The quantitative estimate of drug-likeness (QED) is 0.183. The van der Waals surface area contributed by atoms with Gasteiger partial charge in [0, 0.05) is 26.9 Å². The maximum Gasteiger partial charge on any atom is 0.0646 e. The number of para-hydroxylation sites is 1. The molecule has 0 fully saturated rings. The zero-order valence-corrected chi connectivity index (χ0v) is 18.6. The highest BCUT2D eigenvalue weighted by Crippen LogP contribution is 2.45. The van der Waals surface area contributed by atoms with E-state index in [0.717, 1.165) is 0 Å². The Morgan fingerprint density at radius 3 is 2.03 bits per heavy atom. The predicted octanol–water partition coefficient (Wildman–Crippen LogP) is 8.30. The van der Waals surface area contributed by atoms with Crippen molar-refractivity contribution in [2.24, 2.45) is 0 Å². The molecule has 3 aromatic heterocycles. The van der Waals surface area contributed by atoms with Gasteiger partial charge in [0.1, 0.15) is 0 Å². The summed E-state index contributed by atoms with van der Waals surface area (Å²) in [5, 5.41) is 10.6. The van der Waals surface area contributed by atoms with Gasteiger partial charge in [-0.1, -0.05) is 60.7 Å². The lowest BCUT2D eigenvalue weighted by molar-refractivity contribution is 1.36. The lowest BCUT2D eigenvalue weighted by Crippen LogP contribution is -1.86. The third-order valence-corrected chi connectivity index (χ3v) is 7.97. The maximum atomic E-state index is 2.50. The molecule has 0 radical (unpaired) electrons. The van der Waals surface area contributed by atoms with Crippen LogP contribution in [0.1, 0.15) is 0 Å². The van der Waals surface area contributed by atoms with Gasteiger partial charge in [-0.3, -0.25) is 2.78 Å². The molecule has 0 aliphatic carbocycles. The van der Waals surface area contributed by atoms with Crippen molar-refractivity contribution < 1.29 is 0 Å². The number of hydrogen-bond donors (Lipinski definition) is 0. The summed E-state index contributed by atoms with van der Waals surface area (Å²) >= 11 is 2.45. The molecule has 3 heterocycles. The maximum absolute atomic E-state index is 2.50. The molecule has 5 aromatic carbocycles. The molecular formula is C28H15IN2. The van der Waals surface area contributed by atoms with Crippen LogP contribution >= 0.6 is 22.9 Å². The summed E-state index contributed by atoms with van der Waals surface area (Å²) < 4.78 is 4.82. The molecule has 0 aliphatic rings. The third kappa shape index (κ3) is 1.81. The second kappa shape index (κ2) is 5.48. The van der Waals surface area contributed by atoms with Crippen LogP contribution in [-0.2, 0) is 0 Å². The first-order chi connectivity index (χ1) is 15.3. The van der Waals surface area contributed by atoms with Crippen molar-refractivity contribution in [3.05, 3.63) is 91.0 Å². The van der Waals surface area contributed by atoms with E-state index in [1.165, 1.54) is 70.7 Å². The van der Waals surface area contributed by atoms with Crippen LogP contribution in [0.3, 0.4) is 0 Å². The Morgan fingerprint density at radius 1 is 0.484 bits per heavy atom. The van der Waals surface area contributed by atoms with E-state index in [0.29, 0.717) is 0 Å². The van der Waals surface area contributed by atoms with Gasteiger partial charge in [0.15, 0.2) is 0 Å². The summed E-state index contributed by atoms with van der Waals surface area (Å²) in [7, 11) is 0. The smallest absolute Gasteiger partial charge is 0.0646 e. The number of halogens is 1. The van der Waals surface area contributed by atoms with Crippen LogP contribution in [0.5, 0.6) is 0 Å². The van der Waals surface area contributed by atoms with Crippen LogP contribution in [0.4, 0.5) is 0 Å². The molecule has 0 N–H and O–H groups in total. The SMILES string of the molecule is In1c2cccc3c2c2c1cccc2n1c2ccccc2c2cc4ccccc4c3c21. The number of aromatic nitrogens is 2. The Kier molecular flexibility index (Phi) is 2.90. The molecule has 2 nitrogen and oxygen atoms in total. The highest BCUT2D eigenvalue weighted by molar-refractivity contribution is 14.1. The largest absolute Gasteiger partial charge is 0.308 e. The average molecular weight is 506 g/mol. The summed E-state index contributed by atoms with van der Waals surface area (Å²) in [6, 6.07) is 33.5. The molecule has 144 valence electrons. The number of fused-ring (bicyclic) bond motifs is 7. The minimum Gasteiger partial charge on any atom is -0.308 e. The van der Waals surface area contributed by atoms with E-state index in [4.69, 9.17) is 0 Å². The number of nitrogens with zero attached hydrogens (tertiary/aromatic N) is 2. The highest BCUT2D eigenvalue weighted by Gasteiger charge is 2.21. The monoisotopic (exact) mass is 506 g/mol. The molecule has 0 unspecified atom stereocenters. The Labute approximate surface area is 191 Å². The molecule has 3 heteroatoms. The normalized spacial score (nSPS) is 12.7. The molecule has 8 aromatic rings. The van der Waals surface area contributed by atoms with Crippen molar-refractivity contribution in [3.8, 4) is 0 Å². The van der Waals surface area contributed by atoms with Crippen LogP contribution in [0.2, 0.25) is 0 Å². The van der Waals surface area contributed by atoms with Gasteiger partial charge in [-0.2, -0.15) is 0 Å². The van der Waals surface area contributed by atoms with Gasteiger partial charge in [0.2, 0.25) is 0 Å². The van der Waals surface area contributed by atoms with Crippen molar-refractivity contribution in [2.75, 3.05) is 0 Å². The molecule has 0 saturated heterocycles. The molecule has 0 atom stereocenters. The fraction of sp³-hybridized carbons (Fsp3) is 0. The number of benzene rings is 5. The van der Waals surface area contributed by atoms with Crippen LogP contribution in [-0.4, -0.2) is 7.18 Å². The minimum absolute atomic E-state index is 1.27. The molecule has 0 spiro atoms. The van der Waals surface area contributed by atoms with Crippen molar-refractivity contribution in [2.45, 2.75) is 0 Å². The van der Waals surface area contributed by atoms with Crippen LogP contribution in [0, 0.1) is 0 Å². The average Bonchev–Trinajstić information content (AvgIpc) is 3.25. The van der Waals surface area contributed by atoms with Gasteiger partial charge in [0.05, 0.1) is 50.4 Å². The second-order valence-electron chi connectivity index (χ2n) is 8.37. The van der Waals surface area contributed by atoms with Crippen molar-refractivity contribution in [1.82, 2.24) is 7.18 Å². The first-order valence-corrected chi connectivity index (χ1v) is 11.5. The van der Waals surface area contributed by atoms with Gasteiger partial charge >= 0.3 is 0 Å². The highest BCUT2D eigenvalue weighted by atomic mass is 127. The topological polar surface area (TPSA) is 9.34 Å². The van der Waals surface area contributed by atoms with E-state index < -0.39 is 0 Å². The summed E-state index contributed by atoms with van der Waals surface area (Å²) in [6.45, 7) is 0. The van der Waals surface area contributed by atoms with Crippen LogP contribution in [0.25, 0.3) is 70.7 Å². The zero-order valence-electron chi connectivity index (χ0n) is 16.4. The molecule has 0 amide bonds. The zero-order chi connectivity index (χ0) is 20.3. The van der Waals surface area contributed by atoms with Gasteiger partial charge < -0.3 is 4.40 Å². The Balaban J connectivity index is 1.95. The lowest BCUT2D eigenvalue weighted by Gasteiger charge is -2.06. The Morgan fingerprint density at radius 2 is 1.13 bits per heavy atom. The van der Waals surface area contributed by atoms with E-state index in [1.54, 1.807) is 0 Å². The summed E-state index contributed by atoms with van der Waals surface area (Å²) in [5.74, 6) is 0. The standard InChI is InChI=1S/C28H15IN2/c29-31-23-13-5-10-19-25-17-8-2-1-7-16(17)15-20-18-9-3-4-11-21(18)30(28(20)25)22-12-6-14-24(31)27(22)26(19)23/h1-15H. The van der Waals surface area contributed by atoms with Gasteiger partial charge in [-0.25, -0.2) is 0 Å². The molecule has 0 bridgehead atoms. The number of hydrogen-bond acceptors (Lipinski definition) is 0. The minimum atomic E-state index is 1.27. The third-order valence-electron chi connectivity index (χ3n) is 6.93. The van der Waals surface area contributed by atoms with Gasteiger partial charge in [-0.15, -0.1) is 0 Å². The van der Waals surface area contributed by atoms with E-state index >= 15 is 0 Å². The van der Waals surface area contributed by atoms with Crippen molar-refractivity contribution in [1.29, 1.82) is 0 Å². The summed E-state index contributed by atoms with van der Waals surface area (Å²) in [5.41, 5.74) is 6.39. The van der Waals surface area contributed by atoms with Gasteiger partial charge in [0.25, 0.3) is 0 Å². The molecular weight excluding hydrogens is 491 g/mol. The molecule has 8 rings (SSSR count). The molecule has 0 aliphatic heterocycles. The van der Waals surface area contributed by atoms with E-state index in [2.05, 4.69) is 121 Å². The number of rotatable bonds is 0. The van der Waals surface area contributed by atoms with E-state index in [1.807, 2.05) is 0 Å². The fourth-order valence-corrected chi connectivity index (χ4v) is 6.56. The van der Waals surface area contributed by atoms with Crippen LogP contribution in [0.15, 0.2) is 91.0 Å². The summed E-state index contributed by atoms with van der Waals surface area (Å²) in [6.07, 6.45) is 0. The first-order valence-electron chi connectivity index (χ1n) is 10.5. The molecule has 0 saturated carbocycles. The lowest BCUT2D eigenvalue weighted by atomic mass is 9.98.